The van der Waals surface area contributed by atoms with Gasteiger partial charge in [0.25, 0.3) is 5.91 Å². The number of benzene rings is 1. The van der Waals surface area contributed by atoms with Crippen molar-refractivity contribution >= 4 is 24.6 Å². The van der Waals surface area contributed by atoms with Gasteiger partial charge < -0.3 is 9.80 Å². The predicted molar refractivity (Wildman–Crippen MR) is 72.5 cm³/mol. The van der Waals surface area contributed by atoms with Crippen LogP contribution in [-0.4, -0.2) is 55.2 Å². The van der Waals surface area contributed by atoms with Crippen molar-refractivity contribution < 1.29 is 9.59 Å². The summed E-state index contributed by atoms with van der Waals surface area (Å²) in [6, 6.07) is 6.85. The molecule has 4 nitrogen and oxygen atoms in total. The molecule has 0 N–H and O–H groups in total. The topological polar surface area (TPSA) is 40.6 Å². The van der Waals surface area contributed by atoms with Crippen LogP contribution in [0.1, 0.15) is 20.7 Å². The van der Waals surface area contributed by atoms with Crippen molar-refractivity contribution in [2.24, 2.45) is 0 Å². The monoisotopic (exact) mass is 268 g/mol. The molecule has 1 aliphatic rings. The third kappa shape index (κ3) is 3.31. The maximum absolute atomic E-state index is 12.2. The van der Waals surface area contributed by atoms with Crippen LogP contribution in [0, 0.1) is 0 Å². The number of piperazine rings is 1. The molecule has 0 spiro atoms. The highest BCUT2D eigenvalue weighted by molar-refractivity contribution is 5.95. The first-order valence-electron chi connectivity index (χ1n) is 5.74. The second kappa shape index (κ2) is 6.52. The molecule has 1 aliphatic heterocycles. The molecule has 0 bridgehead atoms. The lowest BCUT2D eigenvalue weighted by atomic mass is 10.1. The van der Waals surface area contributed by atoms with E-state index in [1.807, 2.05) is 4.90 Å². The Bertz CT molecular complexity index is 429. The molecule has 1 aromatic carbocycles. The van der Waals surface area contributed by atoms with Crippen molar-refractivity contribution in [3.8, 4) is 0 Å². The first kappa shape index (κ1) is 14.7. The van der Waals surface area contributed by atoms with Crippen LogP contribution < -0.4 is 0 Å². The summed E-state index contributed by atoms with van der Waals surface area (Å²) >= 11 is 0. The molecule has 0 aromatic heterocycles. The Kier molecular flexibility index (Phi) is 5.31. The van der Waals surface area contributed by atoms with E-state index >= 15 is 0 Å². The molecule has 1 aromatic rings. The van der Waals surface area contributed by atoms with Crippen LogP contribution in [0.4, 0.5) is 0 Å². The Morgan fingerprint density at radius 1 is 1.22 bits per heavy atom. The number of nitrogens with zero attached hydrogens (tertiary/aromatic N) is 2. The van der Waals surface area contributed by atoms with Gasteiger partial charge in [-0.15, -0.1) is 12.4 Å². The highest BCUT2D eigenvalue weighted by atomic mass is 35.5. The molecule has 1 fully saturated rings. The predicted octanol–water partition coefficient (Wildman–Crippen LogP) is 1.31. The molecule has 1 heterocycles. The third-order valence-corrected chi connectivity index (χ3v) is 3.06. The van der Waals surface area contributed by atoms with Gasteiger partial charge in [0.1, 0.15) is 6.29 Å². The molecule has 2 rings (SSSR count). The lowest BCUT2D eigenvalue weighted by Gasteiger charge is -2.32. The quantitative estimate of drug-likeness (QED) is 0.760. The molecule has 0 atom stereocenters. The summed E-state index contributed by atoms with van der Waals surface area (Å²) in [5, 5.41) is 0. The largest absolute Gasteiger partial charge is 0.336 e. The van der Waals surface area contributed by atoms with Crippen LogP contribution in [0.25, 0.3) is 0 Å². The van der Waals surface area contributed by atoms with Gasteiger partial charge in [-0.25, -0.2) is 0 Å². The Balaban J connectivity index is 0.00000162. The zero-order valence-electron chi connectivity index (χ0n) is 10.3. The molecule has 5 heteroatoms. The maximum atomic E-state index is 12.2. The molecule has 0 radical (unpaired) electrons. The minimum atomic E-state index is 0. The van der Waals surface area contributed by atoms with Gasteiger partial charge in [-0.05, 0) is 19.2 Å². The minimum Gasteiger partial charge on any atom is -0.336 e. The lowest BCUT2D eigenvalue weighted by Crippen LogP contribution is -2.47. The van der Waals surface area contributed by atoms with Crippen LogP contribution in [0.2, 0.25) is 0 Å². The lowest BCUT2D eigenvalue weighted by molar-refractivity contribution is 0.0664. The van der Waals surface area contributed by atoms with E-state index in [0.29, 0.717) is 11.1 Å². The summed E-state index contributed by atoms with van der Waals surface area (Å²) in [7, 11) is 2.05. The Morgan fingerprint density at radius 2 is 1.89 bits per heavy atom. The van der Waals surface area contributed by atoms with Crippen LogP contribution >= 0.6 is 12.4 Å². The van der Waals surface area contributed by atoms with Crippen LogP contribution in [-0.2, 0) is 0 Å². The first-order valence-corrected chi connectivity index (χ1v) is 5.74. The van der Waals surface area contributed by atoms with E-state index in [1.165, 1.54) is 0 Å². The fraction of sp³-hybridized carbons (Fsp3) is 0.385. The van der Waals surface area contributed by atoms with Crippen molar-refractivity contribution in [3.05, 3.63) is 35.4 Å². The molecule has 1 amide bonds. The third-order valence-electron chi connectivity index (χ3n) is 3.06. The number of hydrogen-bond acceptors (Lipinski definition) is 3. The fourth-order valence-electron chi connectivity index (χ4n) is 1.94. The number of aldehydes is 1. The summed E-state index contributed by atoms with van der Waals surface area (Å²) in [4.78, 5) is 26.9. The van der Waals surface area contributed by atoms with E-state index in [9.17, 15) is 9.59 Å². The van der Waals surface area contributed by atoms with Crippen LogP contribution in [0.15, 0.2) is 24.3 Å². The van der Waals surface area contributed by atoms with Gasteiger partial charge in [0.05, 0.1) is 0 Å². The summed E-state index contributed by atoms with van der Waals surface area (Å²) in [5.74, 6) is 0.0156. The molecular formula is C13H17ClN2O2. The van der Waals surface area contributed by atoms with Gasteiger partial charge in [-0.1, -0.05) is 12.1 Å². The van der Waals surface area contributed by atoms with E-state index in [4.69, 9.17) is 0 Å². The van der Waals surface area contributed by atoms with Gasteiger partial charge in [0.15, 0.2) is 0 Å². The zero-order valence-corrected chi connectivity index (χ0v) is 11.2. The summed E-state index contributed by atoms with van der Waals surface area (Å²) in [6.45, 7) is 3.31. The van der Waals surface area contributed by atoms with Gasteiger partial charge in [0, 0.05) is 37.3 Å². The molecule has 18 heavy (non-hydrogen) atoms. The summed E-state index contributed by atoms with van der Waals surface area (Å²) in [6.07, 6.45) is 0.765. The van der Waals surface area contributed by atoms with Crippen molar-refractivity contribution in [3.63, 3.8) is 0 Å². The number of amides is 1. The summed E-state index contributed by atoms with van der Waals surface area (Å²) in [5.41, 5.74) is 1.14. The number of halogens is 1. The molecule has 0 saturated carbocycles. The molecule has 98 valence electrons. The highest BCUT2D eigenvalue weighted by Crippen LogP contribution is 2.09. The second-order valence-electron chi connectivity index (χ2n) is 4.34. The van der Waals surface area contributed by atoms with E-state index in [1.54, 1.807) is 24.3 Å². The minimum absolute atomic E-state index is 0. The highest BCUT2D eigenvalue weighted by Gasteiger charge is 2.20. The van der Waals surface area contributed by atoms with Crippen molar-refractivity contribution in [2.45, 2.75) is 0 Å². The van der Waals surface area contributed by atoms with Crippen LogP contribution in [0.3, 0.4) is 0 Å². The maximum Gasteiger partial charge on any atom is 0.253 e. The Hall–Kier alpha value is -1.39. The van der Waals surface area contributed by atoms with E-state index in [-0.39, 0.29) is 18.3 Å². The van der Waals surface area contributed by atoms with Crippen molar-refractivity contribution in [1.82, 2.24) is 9.80 Å². The molecule has 1 saturated heterocycles. The van der Waals surface area contributed by atoms with E-state index < -0.39 is 0 Å². The second-order valence-corrected chi connectivity index (χ2v) is 4.34. The SMILES string of the molecule is CN1CCN(C(=O)c2cccc(C=O)c2)CC1.Cl. The van der Waals surface area contributed by atoms with E-state index in [2.05, 4.69) is 11.9 Å². The molecule has 0 aliphatic carbocycles. The van der Waals surface area contributed by atoms with Crippen molar-refractivity contribution in [2.75, 3.05) is 33.2 Å². The molecular weight excluding hydrogens is 252 g/mol. The first-order chi connectivity index (χ1) is 8.20. The smallest absolute Gasteiger partial charge is 0.253 e. The zero-order chi connectivity index (χ0) is 12.3. The van der Waals surface area contributed by atoms with Crippen LogP contribution in [0.5, 0.6) is 0 Å². The van der Waals surface area contributed by atoms with Gasteiger partial charge in [0.2, 0.25) is 0 Å². The standard InChI is InChI=1S/C13H16N2O2.ClH/c1-14-5-7-15(8-6-14)13(17)12-4-2-3-11(9-12)10-16;/h2-4,9-10H,5-8H2,1H3;1H. The van der Waals surface area contributed by atoms with Crippen molar-refractivity contribution in [1.29, 1.82) is 0 Å². The molecule has 0 unspecified atom stereocenters. The van der Waals surface area contributed by atoms with Gasteiger partial charge in [-0.3, -0.25) is 9.59 Å². The van der Waals surface area contributed by atoms with E-state index in [0.717, 1.165) is 32.5 Å². The number of carbonyl (C=O) groups is 2. The average molecular weight is 269 g/mol. The number of hydrogen-bond donors (Lipinski definition) is 0. The fourth-order valence-corrected chi connectivity index (χ4v) is 1.94. The Labute approximate surface area is 113 Å². The number of likely N-dealkylation sites (N-methyl/N-ethyl adjacent to an activating group) is 1. The Morgan fingerprint density at radius 3 is 2.50 bits per heavy atom. The number of carbonyl (C=O) groups excluding carboxylic acids is 2. The summed E-state index contributed by atoms with van der Waals surface area (Å²) < 4.78 is 0. The normalized spacial score (nSPS) is 15.9. The average Bonchev–Trinajstić information content (AvgIpc) is 2.39. The number of rotatable bonds is 2. The van der Waals surface area contributed by atoms with Gasteiger partial charge in [-0.2, -0.15) is 0 Å². The van der Waals surface area contributed by atoms with Gasteiger partial charge >= 0.3 is 0 Å².